The molecular formula is C8H8N2O. The van der Waals surface area contributed by atoms with Crippen LogP contribution in [0.15, 0.2) is 36.7 Å². The Bertz CT molecular complexity index is 335. The molecular weight excluding hydrogens is 140 g/mol. The highest BCUT2D eigenvalue weighted by Gasteiger charge is 1.95. The Labute approximate surface area is 63.9 Å². The van der Waals surface area contributed by atoms with E-state index in [2.05, 4.69) is 4.98 Å². The van der Waals surface area contributed by atoms with Gasteiger partial charge in [0.05, 0.1) is 0 Å². The fraction of sp³-hybridized carbons (Fsp3) is 0. The molecule has 0 spiro atoms. The zero-order valence-corrected chi connectivity index (χ0v) is 5.86. The van der Waals surface area contributed by atoms with Gasteiger partial charge in [0.15, 0.2) is 5.88 Å². The maximum absolute atomic E-state index is 8.98. The summed E-state index contributed by atoms with van der Waals surface area (Å²) in [6.45, 7) is 0. The van der Waals surface area contributed by atoms with Gasteiger partial charge >= 0.3 is 0 Å². The van der Waals surface area contributed by atoms with Gasteiger partial charge in [0, 0.05) is 18.5 Å². The van der Waals surface area contributed by atoms with E-state index < -0.39 is 0 Å². The number of nitrogens with one attached hydrogen (secondary N) is 1. The minimum absolute atomic E-state index is 0.189. The minimum atomic E-state index is 0.189. The van der Waals surface area contributed by atoms with Crippen LogP contribution in [-0.4, -0.2) is 14.7 Å². The van der Waals surface area contributed by atoms with Gasteiger partial charge in [-0.1, -0.05) is 0 Å². The van der Waals surface area contributed by atoms with E-state index in [1.54, 1.807) is 6.07 Å². The molecule has 0 radical (unpaired) electrons. The third-order valence-electron chi connectivity index (χ3n) is 1.54. The molecule has 0 bridgehead atoms. The highest BCUT2D eigenvalue weighted by Crippen LogP contribution is 2.11. The molecule has 0 amide bonds. The first kappa shape index (κ1) is 6.09. The molecule has 3 nitrogen and oxygen atoms in total. The molecule has 0 aliphatic rings. The first-order chi connectivity index (χ1) is 5.36. The molecule has 2 rings (SSSR count). The van der Waals surface area contributed by atoms with Gasteiger partial charge in [0.1, 0.15) is 5.82 Å². The number of rotatable bonds is 1. The number of hydrogen-bond donors (Lipinski definition) is 2. The molecule has 0 unspecified atom stereocenters. The molecule has 0 saturated heterocycles. The van der Waals surface area contributed by atoms with Crippen LogP contribution in [0.3, 0.4) is 0 Å². The van der Waals surface area contributed by atoms with Gasteiger partial charge < -0.3 is 14.7 Å². The molecule has 0 aliphatic carbocycles. The number of hydrogen-bond acceptors (Lipinski definition) is 1. The van der Waals surface area contributed by atoms with E-state index in [9.17, 15) is 0 Å². The number of H-pyrrole nitrogens is 1. The first-order valence-electron chi connectivity index (χ1n) is 3.37. The SMILES string of the molecule is Oc1ccc(-n2cccc2)[nH]1. The minimum Gasteiger partial charge on any atom is -0.495 e. The van der Waals surface area contributed by atoms with Gasteiger partial charge in [0.2, 0.25) is 0 Å². The normalized spacial score (nSPS) is 10.2. The molecule has 56 valence electrons. The molecule has 3 heteroatoms. The summed E-state index contributed by atoms with van der Waals surface area (Å²) in [4.78, 5) is 2.80. The van der Waals surface area contributed by atoms with Crippen molar-refractivity contribution >= 4 is 0 Å². The Hall–Kier alpha value is -1.64. The van der Waals surface area contributed by atoms with Crippen molar-refractivity contribution in [2.45, 2.75) is 0 Å². The second kappa shape index (κ2) is 2.20. The maximum Gasteiger partial charge on any atom is 0.189 e. The van der Waals surface area contributed by atoms with Crippen LogP contribution in [0.4, 0.5) is 0 Å². The zero-order valence-electron chi connectivity index (χ0n) is 5.86. The summed E-state index contributed by atoms with van der Waals surface area (Å²) in [7, 11) is 0. The molecule has 2 N–H and O–H groups in total. The van der Waals surface area contributed by atoms with Crippen LogP contribution in [0, 0.1) is 0 Å². The Kier molecular flexibility index (Phi) is 1.22. The largest absolute Gasteiger partial charge is 0.495 e. The van der Waals surface area contributed by atoms with Crippen LogP contribution in [0.5, 0.6) is 5.88 Å². The van der Waals surface area contributed by atoms with Crippen LogP contribution in [0.25, 0.3) is 5.82 Å². The molecule has 11 heavy (non-hydrogen) atoms. The van der Waals surface area contributed by atoms with E-state index in [1.165, 1.54) is 0 Å². The van der Waals surface area contributed by atoms with Crippen LogP contribution >= 0.6 is 0 Å². The lowest BCUT2D eigenvalue weighted by molar-refractivity contribution is 0.456. The standard InChI is InChI=1S/C8H8N2O/c11-8-4-3-7(9-8)10-5-1-2-6-10/h1-6,9,11H. The van der Waals surface area contributed by atoms with Gasteiger partial charge in [-0.3, -0.25) is 0 Å². The monoisotopic (exact) mass is 148 g/mol. The molecule has 0 saturated carbocycles. The molecule has 2 aromatic heterocycles. The van der Waals surface area contributed by atoms with Gasteiger partial charge in [0.25, 0.3) is 0 Å². The quantitative estimate of drug-likeness (QED) is 0.632. The van der Waals surface area contributed by atoms with Crippen LogP contribution in [-0.2, 0) is 0 Å². The highest BCUT2D eigenvalue weighted by molar-refractivity contribution is 5.29. The Morgan fingerprint density at radius 1 is 1.18 bits per heavy atom. The Morgan fingerprint density at radius 3 is 2.45 bits per heavy atom. The highest BCUT2D eigenvalue weighted by atomic mass is 16.3. The average Bonchev–Trinajstić information content (AvgIpc) is 2.55. The van der Waals surface area contributed by atoms with E-state index >= 15 is 0 Å². The van der Waals surface area contributed by atoms with Crippen LogP contribution in [0.1, 0.15) is 0 Å². The van der Waals surface area contributed by atoms with E-state index in [-0.39, 0.29) is 5.88 Å². The van der Waals surface area contributed by atoms with E-state index in [1.807, 2.05) is 35.2 Å². The van der Waals surface area contributed by atoms with Crippen molar-refractivity contribution in [2.75, 3.05) is 0 Å². The van der Waals surface area contributed by atoms with Crippen molar-refractivity contribution < 1.29 is 5.11 Å². The maximum atomic E-state index is 8.98. The van der Waals surface area contributed by atoms with Crippen molar-refractivity contribution in [3.8, 4) is 11.7 Å². The number of aromatic hydroxyl groups is 1. The van der Waals surface area contributed by atoms with Crippen molar-refractivity contribution in [3.05, 3.63) is 36.7 Å². The lowest BCUT2D eigenvalue weighted by atomic mass is 10.6. The fourth-order valence-corrected chi connectivity index (χ4v) is 1.02. The van der Waals surface area contributed by atoms with Gasteiger partial charge in [-0.25, -0.2) is 0 Å². The molecule has 0 fully saturated rings. The average molecular weight is 148 g/mol. The summed E-state index contributed by atoms with van der Waals surface area (Å²) < 4.78 is 1.89. The Morgan fingerprint density at radius 2 is 1.91 bits per heavy atom. The molecule has 0 aliphatic heterocycles. The summed E-state index contributed by atoms with van der Waals surface area (Å²) in [5.41, 5.74) is 0. The van der Waals surface area contributed by atoms with Gasteiger partial charge in [-0.15, -0.1) is 0 Å². The van der Waals surface area contributed by atoms with Gasteiger partial charge in [-0.05, 0) is 18.2 Å². The van der Waals surface area contributed by atoms with Crippen molar-refractivity contribution in [2.24, 2.45) is 0 Å². The molecule has 2 heterocycles. The lowest BCUT2D eigenvalue weighted by Crippen LogP contribution is -1.87. The third kappa shape index (κ3) is 1.00. The van der Waals surface area contributed by atoms with Crippen molar-refractivity contribution in [1.29, 1.82) is 0 Å². The van der Waals surface area contributed by atoms with Crippen LogP contribution in [0.2, 0.25) is 0 Å². The molecule has 0 atom stereocenters. The lowest BCUT2D eigenvalue weighted by Gasteiger charge is -1.95. The predicted molar refractivity (Wildman–Crippen MR) is 41.8 cm³/mol. The predicted octanol–water partition coefficient (Wildman–Crippen LogP) is 1.51. The Balaban J connectivity index is 2.45. The number of nitrogens with zero attached hydrogens (tertiary/aromatic N) is 1. The van der Waals surface area contributed by atoms with E-state index in [4.69, 9.17) is 5.11 Å². The second-order valence-corrected chi connectivity index (χ2v) is 2.32. The topological polar surface area (TPSA) is 41.0 Å². The first-order valence-corrected chi connectivity index (χ1v) is 3.37. The van der Waals surface area contributed by atoms with Crippen LogP contribution < -0.4 is 0 Å². The number of aromatic nitrogens is 2. The molecule has 2 aromatic rings. The van der Waals surface area contributed by atoms with Crippen molar-refractivity contribution in [1.82, 2.24) is 9.55 Å². The third-order valence-corrected chi connectivity index (χ3v) is 1.54. The zero-order chi connectivity index (χ0) is 7.68. The summed E-state index contributed by atoms with van der Waals surface area (Å²) in [5, 5.41) is 8.98. The van der Waals surface area contributed by atoms with E-state index in [0.29, 0.717) is 0 Å². The second-order valence-electron chi connectivity index (χ2n) is 2.32. The van der Waals surface area contributed by atoms with E-state index in [0.717, 1.165) is 5.82 Å². The number of aromatic amines is 1. The van der Waals surface area contributed by atoms with Gasteiger partial charge in [-0.2, -0.15) is 0 Å². The fourth-order valence-electron chi connectivity index (χ4n) is 1.02. The summed E-state index contributed by atoms with van der Waals surface area (Å²) >= 11 is 0. The summed E-state index contributed by atoms with van der Waals surface area (Å²) in [6, 6.07) is 7.29. The van der Waals surface area contributed by atoms with Crippen molar-refractivity contribution in [3.63, 3.8) is 0 Å². The molecule has 0 aromatic carbocycles. The summed E-state index contributed by atoms with van der Waals surface area (Å²) in [6.07, 6.45) is 3.82. The summed E-state index contributed by atoms with van der Waals surface area (Å²) in [5.74, 6) is 1.06. The smallest absolute Gasteiger partial charge is 0.189 e.